The average Bonchev–Trinajstić information content (AvgIpc) is 2.46. The van der Waals surface area contributed by atoms with Crippen LogP contribution in [-0.2, 0) is 6.61 Å². The molecule has 2 rings (SSSR count). The zero-order valence-corrected chi connectivity index (χ0v) is 12.9. The summed E-state index contributed by atoms with van der Waals surface area (Å²) >= 11 is 2.19. The maximum atomic E-state index is 5.63. The minimum atomic E-state index is 0.472. The van der Waals surface area contributed by atoms with Crippen molar-refractivity contribution in [1.29, 1.82) is 0 Å². The van der Waals surface area contributed by atoms with E-state index >= 15 is 0 Å². The van der Waals surface area contributed by atoms with E-state index in [4.69, 9.17) is 14.2 Å². The molecule has 0 N–H and O–H groups in total. The minimum Gasteiger partial charge on any atom is -0.497 e. The molecule has 0 aliphatic rings. The van der Waals surface area contributed by atoms with E-state index < -0.39 is 0 Å². The molecule has 5 heteroatoms. The molecule has 1 aromatic carbocycles. The van der Waals surface area contributed by atoms with Gasteiger partial charge in [-0.2, -0.15) is 0 Å². The quantitative estimate of drug-likeness (QED) is 0.757. The molecule has 0 unspecified atom stereocenters. The van der Waals surface area contributed by atoms with Crippen LogP contribution in [0.5, 0.6) is 17.4 Å². The van der Waals surface area contributed by atoms with Gasteiger partial charge in [0.25, 0.3) is 0 Å². The first kappa shape index (κ1) is 13.9. The van der Waals surface area contributed by atoms with Gasteiger partial charge in [0.2, 0.25) is 5.88 Å². The highest BCUT2D eigenvalue weighted by Crippen LogP contribution is 2.23. The van der Waals surface area contributed by atoms with Crippen molar-refractivity contribution in [3.05, 3.63) is 45.7 Å². The summed E-state index contributed by atoms with van der Waals surface area (Å²) in [6, 6.07) is 9.59. The monoisotopic (exact) mass is 371 g/mol. The molecule has 0 radical (unpaired) electrons. The lowest BCUT2D eigenvalue weighted by Crippen LogP contribution is -1.98. The van der Waals surface area contributed by atoms with Gasteiger partial charge < -0.3 is 14.2 Å². The second kappa shape index (κ2) is 6.60. The molecule has 4 nitrogen and oxygen atoms in total. The van der Waals surface area contributed by atoms with Crippen molar-refractivity contribution in [2.45, 2.75) is 6.61 Å². The highest BCUT2D eigenvalue weighted by atomic mass is 127. The molecule has 0 aliphatic heterocycles. The fourth-order valence-corrected chi connectivity index (χ4v) is 2.13. The predicted octanol–water partition coefficient (Wildman–Crippen LogP) is 3.28. The minimum absolute atomic E-state index is 0.472. The molecule has 0 bridgehead atoms. The number of ether oxygens (including phenoxy) is 3. The maximum Gasteiger partial charge on any atom is 0.214 e. The van der Waals surface area contributed by atoms with Gasteiger partial charge in [0.15, 0.2) is 5.75 Å². The molecule has 0 fully saturated rings. The van der Waals surface area contributed by atoms with Crippen LogP contribution in [-0.4, -0.2) is 19.2 Å². The molecular weight excluding hydrogens is 357 g/mol. The summed E-state index contributed by atoms with van der Waals surface area (Å²) < 4.78 is 16.9. The predicted molar refractivity (Wildman–Crippen MR) is 80.8 cm³/mol. The first-order chi connectivity index (χ1) is 9.22. The molecule has 0 aliphatic carbocycles. The Morgan fingerprint density at radius 1 is 1.11 bits per heavy atom. The lowest BCUT2D eigenvalue weighted by molar-refractivity contribution is 0.292. The van der Waals surface area contributed by atoms with Crippen LogP contribution in [0.15, 0.2) is 36.5 Å². The normalized spacial score (nSPS) is 10.1. The first-order valence-corrected chi connectivity index (χ1v) is 6.76. The summed E-state index contributed by atoms with van der Waals surface area (Å²) in [6.07, 6.45) is 1.66. The molecular formula is C14H14INO3. The molecule has 0 saturated heterocycles. The number of halogens is 1. The Balaban J connectivity index is 1.99. The Morgan fingerprint density at radius 3 is 2.42 bits per heavy atom. The van der Waals surface area contributed by atoms with E-state index in [0.717, 1.165) is 20.6 Å². The topological polar surface area (TPSA) is 40.6 Å². The first-order valence-electron chi connectivity index (χ1n) is 5.68. The van der Waals surface area contributed by atoms with Gasteiger partial charge in [-0.05, 0) is 40.3 Å². The molecule has 1 heterocycles. The number of aromatic nitrogens is 1. The SMILES string of the molecule is COc1ccc(COc2cc(I)c(OC)cn2)cc1. The number of methoxy groups -OCH3 is 2. The largest absolute Gasteiger partial charge is 0.497 e. The molecule has 0 amide bonds. The Morgan fingerprint density at radius 2 is 1.84 bits per heavy atom. The lowest BCUT2D eigenvalue weighted by atomic mass is 10.2. The van der Waals surface area contributed by atoms with E-state index in [9.17, 15) is 0 Å². The number of pyridine rings is 1. The van der Waals surface area contributed by atoms with Gasteiger partial charge in [0.05, 0.1) is 24.0 Å². The van der Waals surface area contributed by atoms with E-state index in [1.165, 1.54) is 0 Å². The summed E-state index contributed by atoms with van der Waals surface area (Å²) in [5.41, 5.74) is 1.06. The molecule has 100 valence electrons. The zero-order valence-electron chi connectivity index (χ0n) is 10.7. The van der Waals surface area contributed by atoms with Gasteiger partial charge in [-0.3, -0.25) is 0 Å². The van der Waals surface area contributed by atoms with Crippen molar-refractivity contribution in [3.8, 4) is 17.4 Å². The summed E-state index contributed by atoms with van der Waals surface area (Å²) in [5.74, 6) is 2.17. The number of benzene rings is 1. The summed E-state index contributed by atoms with van der Waals surface area (Å²) in [6.45, 7) is 0.472. The van der Waals surface area contributed by atoms with Crippen molar-refractivity contribution < 1.29 is 14.2 Å². The summed E-state index contributed by atoms with van der Waals surface area (Å²) in [4.78, 5) is 4.18. The Hall–Kier alpha value is -1.50. The third kappa shape index (κ3) is 3.73. The van der Waals surface area contributed by atoms with Crippen molar-refractivity contribution >= 4 is 22.6 Å². The lowest BCUT2D eigenvalue weighted by Gasteiger charge is -2.08. The van der Waals surface area contributed by atoms with Crippen LogP contribution in [0, 0.1) is 3.57 Å². The van der Waals surface area contributed by atoms with Gasteiger partial charge in [0, 0.05) is 6.07 Å². The average molecular weight is 371 g/mol. The summed E-state index contributed by atoms with van der Waals surface area (Å²) in [5, 5.41) is 0. The second-order valence-electron chi connectivity index (χ2n) is 3.79. The van der Waals surface area contributed by atoms with E-state index in [2.05, 4.69) is 27.6 Å². The van der Waals surface area contributed by atoms with Crippen LogP contribution in [0.3, 0.4) is 0 Å². The van der Waals surface area contributed by atoms with Crippen LogP contribution in [0.1, 0.15) is 5.56 Å². The van der Waals surface area contributed by atoms with E-state index in [1.54, 1.807) is 20.4 Å². The Kier molecular flexibility index (Phi) is 4.84. The Labute approximate surface area is 125 Å². The molecule has 1 aromatic heterocycles. The van der Waals surface area contributed by atoms with Crippen molar-refractivity contribution in [2.75, 3.05) is 14.2 Å². The summed E-state index contributed by atoms with van der Waals surface area (Å²) in [7, 11) is 3.27. The molecule has 0 saturated carbocycles. The number of hydrogen-bond acceptors (Lipinski definition) is 4. The van der Waals surface area contributed by atoms with E-state index in [1.807, 2.05) is 30.3 Å². The fraction of sp³-hybridized carbons (Fsp3) is 0.214. The molecule has 2 aromatic rings. The number of rotatable bonds is 5. The van der Waals surface area contributed by atoms with Gasteiger partial charge >= 0.3 is 0 Å². The van der Waals surface area contributed by atoms with Crippen molar-refractivity contribution in [2.24, 2.45) is 0 Å². The van der Waals surface area contributed by atoms with Crippen LogP contribution in [0.25, 0.3) is 0 Å². The van der Waals surface area contributed by atoms with Gasteiger partial charge in [-0.1, -0.05) is 12.1 Å². The third-order valence-electron chi connectivity index (χ3n) is 2.56. The standard InChI is InChI=1S/C14H14INO3/c1-17-11-5-3-10(4-6-11)9-19-14-7-12(15)13(18-2)8-16-14/h3-8H,9H2,1-2H3. The van der Waals surface area contributed by atoms with Crippen molar-refractivity contribution in [3.63, 3.8) is 0 Å². The zero-order chi connectivity index (χ0) is 13.7. The fourth-order valence-electron chi connectivity index (χ4n) is 1.51. The Bertz CT molecular complexity index is 543. The second-order valence-corrected chi connectivity index (χ2v) is 4.96. The van der Waals surface area contributed by atoms with Crippen LogP contribution < -0.4 is 14.2 Å². The number of nitrogens with zero attached hydrogens (tertiary/aromatic N) is 1. The highest BCUT2D eigenvalue weighted by Gasteiger charge is 2.04. The van der Waals surface area contributed by atoms with E-state index in [0.29, 0.717) is 12.5 Å². The maximum absolute atomic E-state index is 5.63. The van der Waals surface area contributed by atoms with Gasteiger partial charge in [-0.15, -0.1) is 0 Å². The smallest absolute Gasteiger partial charge is 0.214 e. The van der Waals surface area contributed by atoms with Crippen LogP contribution in [0.2, 0.25) is 0 Å². The van der Waals surface area contributed by atoms with Gasteiger partial charge in [0.1, 0.15) is 12.4 Å². The van der Waals surface area contributed by atoms with Gasteiger partial charge in [-0.25, -0.2) is 4.98 Å². The van der Waals surface area contributed by atoms with Crippen LogP contribution in [0.4, 0.5) is 0 Å². The highest BCUT2D eigenvalue weighted by molar-refractivity contribution is 14.1. The van der Waals surface area contributed by atoms with Crippen molar-refractivity contribution in [1.82, 2.24) is 4.98 Å². The third-order valence-corrected chi connectivity index (χ3v) is 3.40. The number of hydrogen-bond donors (Lipinski definition) is 0. The van der Waals surface area contributed by atoms with E-state index in [-0.39, 0.29) is 0 Å². The molecule has 0 atom stereocenters. The van der Waals surface area contributed by atoms with Crippen LogP contribution >= 0.6 is 22.6 Å². The molecule has 19 heavy (non-hydrogen) atoms. The molecule has 0 spiro atoms.